The van der Waals surface area contributed by atoms with Crippen LogP contribution in [0.15, 0.2) is 10.6 Å². The Morgan fingerprint density at radius 2 is 2.42 bits per heavy atom. The number of halogens is 1. The van der Waals surface area contributed by atoms with Crippen LogP contribution in [0.3, 0.4) is 0 Å². The summed E-state index contributed by atoms with van der Waals surface area (Å²) in [5.41, 5.74) is 0. The van der Waals surface area contributed by atoms with Crippen molar-refractivity contribution in [3.05, 3.63) is 10.6 Å². The molecule has 1 rings (SSSR count). The second kappa shape index (κ2) is 5.03. The summed E-state index contributed by atoms with van der Waals surface area (Å²) in [5.74, 6) is 0.836. The molecule has 0 aromatic carbocycles. The van der Waals surface area contributed by atoms with Gasteiger partial charge in [-0.2, -0.15) is 0 Å². The Balaban J connectivity index is 2.30. The van der Waals surface area contributed by atoms with Crippen LogP contribution in [-0.4, -0.2) is 24.5 Å². The number of hydrogen-bond donors (Lipinski definition) is 0. The third-order valence-electron chi connectivity index (χ3n) is 2.45. The van der Waals surface area contributed by atoms with Crippen LogP contribution in [0, 0.1) is 5.92 Å². The van der Waals surface area contributed by atoms with Crippen LogP contribution in [0.2, 0.25) is 0 Å². The molecule has 0 amide bonds. The molecule has 1 nitrogen and oxygen atoms in total. The van der Waals surface area contributed by atoms with Gasteiger partial charge in [-0.15, -0.1) is 0 Å². The zero-order chi connectivity index (χ0) is 8.97. The minimum Gasteiger partial charge on any atom is -0.298 e. The lowest BCUT2D eigenvalue weighted by atomic mass is 10.1. The molecular weight excluding hydrogens is 214 g/mol. The Kier molecular flexibility index (Phi) is 4.30. The topological polar surface area (TPSA) is 3.24 Å². The predicted octanol–water partition coefficient (Wildman–Crippen LogP) is 3.02. The van der Waals surface area contributed by atoms with Gasteiger partial charge in [-0.3, -0.25) is 4.90 Å². The van der Waals surface area contributed by atoms with Crippen LogP contribution in [0.4, 0.5) is 0 Å². The standard InChI is InChI=1S/C10H18BrN/c1-3-9(2)7-12-6-4-5-10(11)8-12/h5,9H,3-4,6-8H2,1-2H3. The minimum atomic E-state index is 0.836. The highest BCUT2D eigenvalue weighted by molar-refractivity contribution is 9.11. The molecule has 0 aliphatic carbocycles. The highest BCUT2D eigenvalue weighted by atomic mass is 79.9. The highest BCUT2D eigenvalue weighted by Crippen LogP contribution is 2.16. The van der Waals surface area contributed by atoms with Crippen LogP contribution in [0.5, 0.6) is 0 Å². The fourth-order valence-electron chi connectivity index (χ4n) is 1.49. The molecule has 0 N–H and O–H groups in total. The van der Waals surface area contributed by atoms with Crippen molar-refractivity contribution in [1.29, 1.82) is 0 Å². The van der Waals surface area contributed by atoms with Gasteiger partial charge in [0.1, 0.15) is 0 Å². The molecule has 0 fully saturated rings. The smallest absolute Gasteiger partial charge is 0.0296 e. The summed E-state index contributed by atoms with van der Waals surface area (Å²) in [6, 6.07) is 0. The lowest BCUT2D eigenvalue weighted by molar-refractivity contribution is 0.253. The van der Waals surface area contributed by atoms with E-state index in [2.05, 4.69) is 40.8 Å². The maximum absolute atomic E-state index is 3.56. The fraction of sp³-hybridized carbons (Fsp3) is 0.800. The largest absolute Gasteiger partial charge is 0.298 e. The van der Waals surface area contributed by atoms with Crippen molar-refractivity contribution in [2.24, 2.45) is 5.92 Å². The normalized spacial score (nSPS) is 22.1. The molecule has 1 heterocycles. The van der Waals surface area contributed by atoms with Gasteiger partial charge >= 0.3 is 0 Å². The molecule has 12 heavy (non-hydrogen) atoms. The summed E-state index contributed by atoms with van der Waals surface area (Å²) >= 11 is 3.56. The monoisotopic (exact) mass is 231 g/mol. The molecule has 0 bridgehead atoms. The van der Waals surface area contributed by atoms with Gasteiger partial charge in [-0.05, 0) is 12.3 Å². The number of rotatable bonds is 3. The Bertz CT molecular complexity index is 165. The molecule has 0 aromatic heterocycles. The van der Waals surface area contributed by atoms with E-state index < -0.39 is 0 Å². The maximum Gasteiger partial charge on any atom is 0.0296 e. The summed E-state index contributed by atoms with van der Waals surface area (Å²) in [6.45, 7) is 8.19. The van der Waals surface area contributed by atoms with Crippen molar-refractivity contribution in [3.8, 4) is 0 Å². The third-order valence-corrected chi connectivity index (χ3v) is 3.03. The van der Waals surface area contributed by atoms with E-state index in [0.29, 0.717) is 0 Å². The average molecular weight is 232 g/mol. The van der Waals surface area contributed by atoms with Crippen LogP contribution < -0.4 is 0 Å². The zero-order valence-corrected chi connectivity index (χ0v) is 9.60. The summed E-state index contributed by atoms with van der Waals surface area (Å²) in [4.78, 5) is 2.53. The van der Waals surface area contributed by atoms with E-state index in [1.165, 1.54) is 30.4 Å². The molecule has 0 radical (unpaired) electrons. The Hall–Kier alpha value is 0.180. The first-order valence-electron chi connectivity index (χ1n) is 4.79. The minimum absolute atomic E-state index is 0.836. The first-order valence-corrected chi connectivity index (χ1v) is 5.58. The zero-order valence-electron chi connectivity index (χ0n) is 8.02. The van der Waals surface area contributed by atoms with Crippen LogP contribution >= 0.6 is 15.9 Å². The van der Waals surface area contributed by atoms with Crippen molar-refractivity contribution in [3.63, 3.8) is 0 Å². The second-order valence-corrected chi connectivity index (χ2v) is 4.71. The van der Waals surface area contributed by atoms with Crippen molar-refractivity contribution >= 4 is 15.9 Å². The number of hydrogen-bond acceptors (Lipinski definition) is 1. The quantitative estimate of drug-likeness (QED) is 0.723. The molecule has 1 aliphatic heterocycles. The third kappa shape index (κ3) is 3.28. The van der Waals surface area contributed by atoms with E-state index in [0.717, 1.165) is 12.5 Å². The van der Waals surface area contributed by atoms with Gasteiger partial charge < -0.3 is 0 Å². The van der Waals surface area contributed by atoms with Gasteiger partial charge in [-0.25, -0.2) is 0 Å². The fourth-order valence-corrected chi connectivity index (χ4v) is 2.07. The van der Waals surface area contributed by atoms with E-state index in [4.69, 9.17) is 0 Å². The van der Waals surface area contributed by atoms with E-state index in [-0.39, 0.29) is 0 Å². The Morgan fingerprint density at radius 3 is 3.00 bits per heavy atom. The Morgan fingerprint density at radius 1 is 1.67 bits per heavy atom. The number of nitrogens with zero attached hydrogens (tertiary/aromatic N) is 1. The molecule has 2 heteroatoms. The van der Waals surface area contributed by atoms with Crippen LogP contribution in [0.1, 0.15) is 26.7 Å². The van der Waals surface area contributed by atoms with Gasteiger partial charge in [0.05, 0.1) is 0 Å². The van der Waals surface area contributed by atoms with E-state index >= 15 is 0 Å². The first-order chi connectivity index (χ1) is 5.72. The van der Waals surface area contributed by atoms with Gasteiger partial charge in [0, 0.05) is 24.1 Å². The molecular formula is C10H18BrN. The maximum atomic E-state index is 3.56. The predicted molar refractivity (Wildman–Crippen MR) is 57.5 cm³/mol. The molecule has 70 valence electrons. The lowest BCUT2D eigenvalue weighted by Crippen LogP contribution is -2.32. The average Bonchev–Trinajstić information content (AvgIpc) is 2.04. The van der Waals surface area contributed by atoms with Crippen LogP contribution in [-0.2, 0) is 0 Å². The first kappa shape index (κ1) is 10.3. The van der Waals surface area contributed by atoms with Gasteiger partial charge in [0.25, 0.3) is 0 Å². The SMILES string of the molecule is CCC(C)CN1CCC=C(Br)C1. The summed E-state index contributed by atoms with van der Waals surface area (Å²) in [5, 5.41) is 0. The summed E-state index contributed by atoms with van der Waals surface area (Å²) in [6.07, 6.45) is 4.78. The van der Waals surface area contributed by atoms with Gasteiger partial charge in [0.15, 0.2) is 0 Å². The summed E-state index contributed by atoms with van der Waals surface area (Å²) < 4.78 is 1.36. The van der Waals surface area contributed by atoms with Crippen molar-refractivity contribution < 1.29 is 0 Å². The van der Waals surface area contributed by atoms with Crippen LogP contribution in [0.25, 0.3) is 0 Å². The molecule has 0 saturated heterocycles. The molecule has 1 unspecified atom stereocenters. The molecule has 0 saturated carbocycles. The van der Waals surface area contributed by atoms with Crippen molar-refractivity contribution in [2.45, 2.75) is 26.7 Å². The summed E-state index contributed by atoms with van der Waals surface area (Å²) in [7, 11) is 0. The second-order valence-electron chi connectivity index (χ2n) is 3.69. The van der Waals surface area contributed by atoms with E-state index in [1.54, 1.807) is 0 Å². The van der Waals surface area contributed by atoms with Crippen molar-refractivity contribution in [1.82, 2.24) is 4.90 Å². The lowest BCUT2D eigenvalue weighted by Gasteiger charge is -2.27. The van der Waals surface area contributed by atoms with Gasteiger partial charge in [0.2, 0.25) is 0 Å². The molecule has 1 aliphatic rings. The molecule has 1 atom stereocenters. The van der Waals surface area contributed by atoms with E-state index in [1.807, 2.05) is 0 Å². The van der Waals surface area contributed by atoms with Gasteiger partial charge in [-0.1, -0.05) is 42.3 Å². The molecule has 0 spiro atoms. The highest BCUT2D eigenvalue weighted by Gasteiger charge is 2.12. The van der Waals surface area contributed by atoms with Crippen molar-refractivity contribution in [2.75, 3.05) is 19.6 Å². The molecule has 0 aromatic rings. The van der Waals surface area contributed by atoms with E-state index in [9.17, 15) is 0 Å². The Labute approximate surface area is 84.0 Å².